The van der Waals surface area contributed by atoms with Crippen molar-refractivity contribution in [3.8, 4) is 5.69 Å². The second kappa shape index (κ2) is 6.52. The number of fused-ring (bicyclic) bond motifs is 3. The van der Waals surface area contributed by atoms with E-state index >= 15 is 0 Å². The number of pyridine rings is 1. The maximum atomic E-state index is 9.12. The van der Waals surface area contributed by atoms with Crippen LogP contribution in [0.3, 0.4) is 0 Å². The number of nitrogens with zero attached hydrogens (tertiary/aromatic N) is 3. The van der Waals surface area contributed by atoms with Gasteiger partial charge in [0, 0.05) is 17.0 Å². The Kier molecular flexibility index (Phi) is 4.21. The van der Waals surface area contributed by atoms with Crippen LogP contribution in [0.1, 0.15) is 0 Å². The van der Waals surface area contributed by atoms with Crippen molar-refractivity contribution in [2.24, 2.45) is 0 Å². The zero-order valence-electron chi connectivity index (χ0n) is 13.1. The van der Waals surface area contributed by atoms with Gasteiger partial charge in [0.25, 0.3) is 0 Å². The van der Waals surface area contributed by atoms with E-state index in [0.717, 1.165) is 22.1 Å². The largest absolute Gasteiger partial charge is 0.395 e. The third-order valence-electron chi connectivity index (χ3n) is 3.95. The van der Waals surface area contributed by atoms with E-state index in [1.54, 1.807) is 12.4 Å². The fourth-order valence-corrected chi connectivity index (χ4v) is 3.27. The Morgan fingerprint density at radius 1 is 1.12 bits per heavy atom. The van der Waals surface area contributed by atoms with Crippen molar-refractivity contribution in [1.82, 2.24) is 14.5 Å². The minimum absolute atomic E-state index is 0.00699. The molecule has 0 saturated carbocycles. The topological polar surface area (TPSA) is 63.0 Å². The van der Waals surface area contributed by atoms with Crippen LogP contribution >= 0.6 is 23.2 Å². The Labute approximate surface area is 153 Å². The number of imidazole rings is 1. The molecule has 25 heavy (non-hydrogen) atoms. The molecule has 2 heterocycles. The molecule has 2 N–H and O–H groups in total. The van der Waals surface area contributed by atoms with Crippen molar-refractivity contribution in [2.75, 3.05) is 18.5 Å². The van der Waals surface area contributed by atoms with E-state index < -0.39 is 0 Å². The van der Waals surface area contributed by atoms with E-state index in [9.17, 15) is 0 Å². The van der Waals surface area contributed by atoms with Crippen LogP contribution in [0.25, 0.3) is 27.6 Å². The third kappa shape index (κ3) is 2.80. The number of nitrogens with one attached hydrogen (secondary N) is 1. The van der Waals surface area contributed by atoms with Gasteiger partial charge in [0.2, 0.25) is 0 Å². The van der Waals surface area contributed by atoms with Crippen LogP contribution in [-0.2, 0) is 0 Å². The van der Waals surface area contributed by atoms with Crippen LogP contribution in [-0.4, -0.2) is 32.8 Å². The first-order valence-electron chi connectivity index (χ1n) is 7.75. The smallest absolute Gasteiger partial charge is 0.155 e. The number of rotatable bonds is 4. The average Bonchev–Trinajstić information content (AvgIpc) is 3.06. The molecule has 0 atom stereocenters. The second-order valence-corrected chi connectivity index (χ2v) is 6.38. The summed E-state index contributed by atoms with van der Waals surface area (Å²) in [7, 11) is 0. The van der Waals surface area contributed by atoms with Gasteiger partial charge in [-0.2, -0.15) is 0 Å². The van der Waals surface area contributed by atoms with Crippen molar-refractivity contribution in [2.45, 2.75) is 0 Å². The summed E-state index contributed by atoms with van der Waals surface area (Å²) < 4.78 is 1.93. The summed E-state index contributed by atoms with van der Waals surface area (Å²) in [5.74, 6) is 0.615. The Hall–Kier alpha value is -2.34. The summed E-state index contributed by atoms with van der Waals surface area (Å²) in [5, 5.41) is 14.4. The number of hydrogen-bond donors (Lipinski definition) is 2. The monoisotopic (exact) mass is 372 g/mol. The fourth-order valence-electron chi connectivity index (χ4n) is 2.88. The van der Waals surface area contributed by atoms with Crippen molar-refractivity contribution in [3.63, 3.8) is 0 Å². The number of benzene rings is 2. The Morgan fingerprint density at radius 3 is 2.76 bits per heavy atom. The Balaban J connectivity index is 2.08. The summed E-state index contributed by atoms with van der Waals surface area (Å²) in [6, 6.07) is 13.1. The first-order valence-corrected chi connectivity index (χ1v) is 8.50. The number of hydrogen-bond acceptors (Lipinski definition) is 4. The molecule has 4 aromatic rings. The SMILES string of the molecule is OCCNc1nc2ccc(Cl)cc2c2c1ncn2-c1ccccc1Cl. The van der Waals surface area contributed by atoms with Crippen molar-refractivity contribution < 1.29 is 5.11 Å². The lowest BCUT2D eigenvalue weighted by molar-refractivity contribution is 0.311. The van der Waals surface area contributed by atoms with Gasteiger partial charge >= 0.3 is 0 Å². The van der Waals surface area contributed by atoms with Crippen LogP contribution in [0.5, 0.6) is 0 Å². The first kappa shape index (κ1) is 16.1. The molecule has 0 aliphatic carbocycles. The molecule has 4 rings (SSSR count). The zero-order valence-corrected chi connectivity index (χ0v) is 14.6. The average molecular weight is 373 g/mol. The highest BCUT2D eigenvalue weighted by molar-refractivity contribution is 6.33. The summed E-state index contributed by atoms with van der Waals surface area (Å²) in [5.41, 5.74) is 3.17. The van der Waals surface area contributed by atoms with Gasteiger partial charge in [0.15, 0.2) is 5.82 Å². The van der Waals surface area contributed by atoms with Gasteiger partial charge in [0.1, 0.15) is 11.8 Å². The summed E-state index contributed by atoms with van der Waals surface area (Å²) in [6.45, 7) is 0.396. The fraction of sp³-hybridized carbons (Fsp3) is 0.111. The van der Waals surface area contributed by atoms with E-state index in [1.165, 1.54) is 0 Å². The molecule has 0 radical (unpaired) electrons. The quantitative estimate of drug-likeness (QED) is 0.560. The van der Waals surface area contributed by atoms with E-state index in [1.807, 2.05) is 41.0 Å². The van der Waals surface area contributed by atoms with E-state index in [0.29, 0.717) is 27.9 Å². The van der Waals surface area contributed by atoms with Crippen molar-refractivity contribution in [1.29, 1.82) is 0 Å². The molecule has 0 aliphatic heterocycles. The van der Waals surface area contributed by atoms with Crippen LogP contribution in [0, 0.1) is 0 Å². The van der Waals surface area contributed by atoms with Crippen LogP contribution in [0.15, 0.2) is 48.8 Å². The van der Waals surface area contributed by atoms with Gasteiger partial charge < -0.3 is 10.4 Å². The van der Waals surface area contributed by atoms with Gasteiger partial charge in [0.05, 0.1) is 28.4 Å². The van der Waals surface area contributed by atoms with Crippen LogP contribution in [0.4, 0.5) is 5.82 Å². The molecule has 0 saturated heterocycles. The number of anilines is 1. The van der Waals surface area contributed by atoms with Crippen LogP contribution < -0.4 is 5.32 Å². The molecule has 2 aromatic heterocycles. The van der Waals surface area contributed by atoms with Crippen molar-refractivity contribution in [3.05, 3.63) is 58.8 Å². The molecular weight excluding hydrogens is 359 g/mol. The highest BCUT2D eigenvalue weighted by Crippen LogP contribution is 2.33. The molecule has 0 fully saturated rings. The van der Waals surface area contributed by atoms with Crippen LogP contribution in [0.2, 0.25) is 10.0 Å². The molecule has 0 unspecified atom stereocenters. The first-order chi connectivity index (χ1) is 12.2. The van der Waals surface area contributed by atoms with E-state index in [2.05, 4.69) is 15.3 Å². The molecule has 126 valence electrons. The summed E-state index contributed by atoms with van der Waals surface area (Å²) in [4.78, 5) is 9.15. The molecule has 2 aromatic carbocycles. The number of halogens is 2. The molecular formula is C18H14Cl2N4O. The molecule has 0 aliphatic rings. The Bertz CT molecular complexity index is 1080. The van der Waals surface area contributed by atoms with Gasteiger partial charge in [-0.15, -0.1) is 0 Å². The molecule has 0 amide bonds. The lowest BCUT2D eigenvalue weighted by Crippen LogP contribution is -2.08. The lowest BCUT2D eigenvalue weighted by atomic mass is 10.1. The van der Waals surface area contributed by atoms with E-state index in [4.69, 9.17) is 28.3 Å². The predicted octanol–water partition coefficient (Wildman–Crippen LogP) is 4.28. The molecule has 7 heteroatoms. The van der Waals surface area contributed by atoms with Gasteiger partial charge in [-0.25, -0.2) is 9.97 Å². The number of para-hydroxylation sites is 1. The number of aromatic nitrogens is 3. The standard InChI is InChI=1S/C18H14Cl2N4O/c19-11-5-6-14-12(9-11)17-16(18(23-14)21-7-8-25)22-10-24(17)15-4-2-1-3-13(15)20/h1-6,9-10,25H,7-8H2,(H,21,23). The maximum absolute atomic E-state index is 9.12. The minimum atomic E-state index is 0.00699. The highest BCUT2D eigenvalue weighted by Gasteiger charge is 2.16. The molecule has 5 nitrogen and oxygen atoms in total. The van der Waals surface area contributed by atoms with Gasteiger partial charge in [-0.05, 0) is 30.3 Å². The molecule has 0 bridgehead atoms. The highest BCUT2D eigenvalue weighted by atomic mass is 35.5. The molecule has 0 spiro atoms. The van der Waals surface area contributed by atoms with E-state index in [-0.39, 0.29) is 6.61 Å². The third-order valence-corrected chi connectivity index (χ3v) is 4.51. The maximum Gasteiger partial charge on any atom is 0.155 e. The normalized spacial score (nSPS) is 11.3. The summed E-state index contributed by atoms with van der Waals surface area (Å²) >= 11 is 12.6. The predicted molar refractivity (Wildman–Crippen MR) is 102 cm³/mol. The second-order valence-electron chi connectivity index (χ2n) is 5.54. The lowest BCUT2D eigenvalue weighted by Gasteiger charge is -2.11. The summed E-state index contributed by atoms with van der Waals surface area (Å²) in [6.07, 6.45) is 1.72. The Morgan fingerprint density at radius 2 is 1.96 bits per heavy atom. The number of aliphatic hydroxyl groups excluding tert-OH is 1. The minimum Gasteiger partial charge on any atom is -0.395 e. The van der Waals surface area contributed by atoms with Gasteiger partial charge in [-0.1, -0.05) is 35.3 Å². The zero-order chi connectivity index (χ0) is 17.4. The number of aliphatic hydroxyl groups is 1. The van der Waals surface area contributed by atoms with Crippen molar-refractivity contribution >= 4 is 51.0 Å². The van der Waals surface area contributed by atoms with Gasteiger partial charge in [-0.3, -0.25) is 4.57 Å².